The number of anilines is 1. The van der Waals surface area contributed by atoms with Crippen molar-refractivity contribution >= 4 is 16.7 Å². The zero-order valence-corrected chi connectivity index (χ0v) is 9.65. The highest BCUT2D eigenvalue weighted by atomic mass is 15.0. The van der Waals surface area contributed by atoms with Crippen molar-refractivity contribution in [2.75, 3.05) is 12.4 Å². The van der Waals surface area contributed by atoms with Crippen LogP contribution in [0.5, 0.6) is 0 Å². The average molecular weight is 202 g/mol. The number of benzene rings is 1. The lowest BCUT2D eigenvalue weighted by molar-refractivity contribution is 0.929. The second-order valence-corrected chi connectivity index (χ2v) is 3.98. The molecular weight excluding hydrogens is 184 g/mol. The molecule has 1 heterocycles. The van der Waals surface area contributed by atoms with Crippen LogP contribution < -0.4 is 5.32 Å². The van der Waals surface area contributed by atoms with Crippen LogP contribution in [0.15, 0.2) is 18.2 Å². The van der Waals surface area contributed by atoms with E-state index in [-0.39, 0.29) is 0 Å². The molecule has 2 nitrogen and oxygen atoms in total. The number of aromatic nitrogens is 1. The minimum atomic E-state index is 1.13. The van der Waals surface area contributed by atoms with Crippen LogP contribution in [0.4, 0.5) is 5.82 Å². The molecule has 0 aliphatic heterocycles. The number of hydrogen-bond donors (Lipinski definition) is 2. The Morgan fingerprint density at radius 2 is 2.13 bits per heavy atom. The molecule has 0 unspecified atom stereocenters. The highest BCUT2D eigenvalue weighted by Crippen LogP contribution is 2.29. The molecule has 0 amide bonds. The van der Waals surface area contributed by atoms with E-state index in [2.05, 4.69) is 42.3 Å². The second-order valence-electron chi connectivity index (χ2n) is 3.98. The summed E-state index contributed by atoms with van der Waals surface area (Å²) in [6, 6.07) is 6.42. The maximum atomic E-state index is 3.43. The van der Waals surface area contributed by atoms with Crippen molar-refractivity contribution in [1.82, 2.24) is 4.98 Å². The number of hydrogen-bond acceptors (Lipinski definition) is 1. The first kappa shape index (κ1) is 10.1. The van der Waals surface area contributed by atoms with Gasteiger partial charge in [0.15, 0.2) is 0 Å². The van der Waals surface area contributed by atoms with E-state index in [1.165, 1.54) is 34.3 Å². The van der Waals surface area contributed by atoms with Gasteiger partial charge in [0, 0.05) is 23.5 Å². The van der Waals surface area contributed by atoms with Gasteiger partial charge >= 0.3 is 0 Å². The van der Waals surface area contributed by atoms with E-state index >= 15 is 0 Å². The maximum absolute atomic E-state index is 3.43. The Morgan fingerprint density at radius 1 is 1.33 bits per heavy atom. The van der Waals surface area contributed by atoms with Gasteiger partial charge in [-0.1, -0.05) is 25.5 Å². The van der Waals surface area contributed by atoms with E-state index in [1.807, 2.05) is 7.05 Å². The second kappa shape index (κ2) is 3.97. The summed E-state index contributed by atoms with van der Waals surface area (Å²) in [7, 11) is 1.97. The molecule has 1 aromatic heterocycles. The number of fused-ring (bicyclic) bond motifs is 1. The first-order chi connectivity index (χ1) is 7.27. The molecule has 0 spiro atoms. The summed E-state index contributed by atoms with van der Waals surface area (Å²) in [5.74, 6) is 1.17. The van der Waals surface area contributed by atoms with Crippen LogP contribution >= 0.6 is 0 Å². The third-order valence-electron chi connectivity index (χ3n) is 2.89. The molecule has 0 aliphatic carbocycles. The van der Waals surface area contributed by atoms with Crippen LogP contribution in [0.3, 0.4) is 0 Å². The standard InChI is InChI=1S/C13H18N2/c1-4-6-10-12-9(2)7-5-8-11(12)15-13(10)14-3/h5,7-8,14-15H,4,6H2,1-3H3. The van der Waals surface area contributed by atoms with E-state index in [0.29, 0.717) is 0 Å². The van der Waals surface area contributed by atoms with E-state index < -0.39 is 0 Å². The lowest BCUT2D eigenvalue weighted by Crippen LogP contribution is -1.93. The molecular formula is C13H18N2. The summed E-state index contributed by atoms with van der Waals surface area (Å²) in [5, 5.41) is 4.63. The van der Waals surface area contributed by atoms with Gasteiger partial charge in [-0.15, -0.1) is 0 Å². The summed E-state index contributed by atoms with van der Waals surface area (Å²) in [4.78, 5) is 3.43. The Hall–Kier alpha value is -1.44. The topological polar surface area (TPSA) is 27.8 Å². The smallest absolute Gasteiger partial charge is 0.107 e. The van der Waals surface area contributed by atoms with Gasteiger partial charge < -0.3 is 10.3 Å². The zero-order chi connectivity index (χ0) is 10.8. The average Bonchev–Trinajstić information content (AvgIpc) is 2.58. The zero-order valence-electron chi connectivity index (χ0n) is 9.65. The van der Waals surface area contributed by atoms with Crippen LogP contribution in [-0.4, -0.2) is 12.0 Å². The van der Waals surface area contributed by atoms with Gasteiger partial charge in [-0.25, -0.2) is 0 Å². The van der Waals surface area contributed by atoms with Crippen molar-refractivity contribution in [2.45, 2.75) is 26.7 Å². The molecule has 2 heteroatoms. The fraction of sp³-hybridized carbons (Fsp3) is 0.385. The summed E-state index contributed by atoms with van der Waals surface area (Å²) >= 11 is 0. The monoisotopic (exact) mass is 202 g/mol. The number of aryl methyl sites for hydroxylation is 2. The van der Waals surface area contributed by atoms with Crippen LogP contribution in [0.2, 0.25) is 0 Å². The Kier molecular flexibility index (Phi) is 2.67. The van der Waals surface area contributed by atoms with Gasteiger partial charge in [-0.3, -0.25) is 0 Å². The molecule has 80 valence electrons. The normalized spacial score (nSPS) is 10.9. The molecule has 0 radical (unpaired) electrons. The number of H-pyrrole nitrogens is 1. The predicted molar refractivity (Wildman–Crippen MR) is 66.6 cm³/mol. The third kappa shape index (κ3) is 1.60. The van der Waals surface area contributed by atoms with Crippen molar-refractivity contribution in [2.24, 2.45) is 0 Å². The fourth-order valence-corrected chi connectivity index (χ4v) is 2.22. The van der Waals surface area contributed by atoms with Crippen molar-refractivity contribution in [1.29, 1.82) is 0 Å². The summed E-state index contributed by atoms with van der Waals surface area (Å²) in [6.07, 6.45) is 2.30. The number of nitrogens with one attached hydrogen (secondary N) is 2. The molecule has 0 aliphatic rings. The molecule has 0 fully saturated rings. The van der Waals surface area contributed by atoms with E-state index in [9.17, 15) is 0 Å². The van der Waals surface area contributed by atoms with Gasteiger partial charge in [0.2, 0.25) is 0 Å². The molecule has 2 aromatic rings. The number of rotatable bonds is 3. The van der Waals surface area contributed by atoms with Gasteiger partial charge in [0.25, 0.3) is 0 Å². The van der Waals surface area contributed by atoms with Gasteiger partial charge in [-0.2, -0.15) is 0 Å². The quantitative estimate of drug-likeness (QED) is 0.783. The van der Waals surface area contributed by atoms with Crippen LogP contribution in [-0.2, 0) is 6.42 Å². The van der Waals surface area contributed by atoms with Crippen molar-refractivity contribution in [3.63, 3.8) is 0 Å². The van der Waals surface area contributed by atoms with Crippen molar-refractivity contribution in [3.8, 4) is 0 Å². The highest BCUT2D eigenvalue weighted by molar-refractivity contribution is 5.91. The SMILES string of the molecule is CCCc1c(NC)[nH]c2cccc(C)c12. The van der Waals surface area contributed by atoms with Crippen LogP contribution in [0.1, 0.15) is 24.5 Å². The van der Waals surface area contributed by atoms with Crippen molar-refractivity contribution in [3.05, 3.63) is 29.3 Å². The highest BCUT2D eigenvalue weighted by Gasteiger charge is 2.10. The first-order valence-corrected chi connectivity index (χ1v) is 5.55. The summed E-state index contributed by atoms with van der Waals surface area (Å²) in [6.45, 7) is 4.39. The predicted octanol–water partition coefficient (Wildman–Crippen LogP) is 3.47. The third-order valence-corrected chi connectivity index (χ3v) is 2.89. The molecule has 2 rings (SSSR count). The van der Waals surface area contributed by atoms with E-state index in [0.717, 1.165) is 6.42 Å². The Morgan fingerprint density at radius 3 is 2.80 bits per heavy atom. The van der Waals surface area contributed by atoms with Gasteiger partial charge in [0.1, 0.15) is 5.82 Å². The molecule has 1 aromatic carbocycles. The summed E-state index contributed by atoms with van der Waals surface area (Å²) in [5.41, 5.74) is 4.02. The molecule has 0 bridgehead atoms. The fourth-order valence-electron chi connectivity index (χ4n) is 2.22. The Bertz CT molecular complexity index is 469. The molecule has 15 heavy (non-hydrogen) atoms. The van der Waals surface area contributed by atoms with Gasteiger partial charge in [-0.05, 0) is 25.0 Å². The minimum absolute atomic E-state index is 1.13. The molecule has 2 N–H and O–H groups in total. The lowest BCUT2D eigenvalue weighted by atomic mass is 10.0. The number of aromatic amines is 1. The molecule has 0 saturated carbocycles. The van der Waals surface area contributed by atoms with Gasteiger partial charge in [0.05, 0.1) is 0 Å². The maximum Gasteiger partial charge on any atom is 0.107 e. The lowest BCUT2D eigenvalue weighted by Gasteiger charge is -2.03. The molecule has 0 atom stereocenters. The minimum Gasteiger partial charge on any atom is -0.374 e. The van der Waals surface area contributed by atoms with E-state index in [1.54, 1.807) is 0 Å². The van der Waals surface area contributed by atoms with Crippen molar-refractivity contribution < 1.29 is 0 Å². The summed E-state index contributed by atoms with van der Waals surface area (Å²) < 4.78 is 0. The Balaban J connectivity index is 2.70. The van der Waals surface area contributed by atoms with Crippen LogP contribution in [0, 0.1) is 6.92 Å². The van der Waals surface area contributed by atoms with Crippen LogP contribution in [0.25, 0.3) is 10.9 Å². The first-order valence-electron chi connectivity index (χ1n) is 5.55. The van der Waals surface area contributed by atoms with E-state index in [4.69, 9.17) is 0 Å². The largest absolute Gasteiger partial charge is 0.374 e. The molecule has 0 saturated heterocycles. The Labute approximate surface area is 90.7 Å².